The van der Waals surface area contributed by atoms with E-state index < -0.39 is 26.6 Å². The summed E-state index contributed by atoms with van der Waals surface area (Å²) < 4.78 is 56.0. The van der Waals surface area contributed by atoms with E-state index in [2.05, 4.69) is 14.7 Å². The summed E-state index contributed by atoms with van der Waals surface area (Å²) in [6.07, 6.45) is 1.51. The zero-order valence-corrected chi connectivity index (χ0v) is 21.7. The molecule has 4 aromatic rings. The highest BCUT2D eigenvalue weighted by atomic mass is 35.5. The minimum absolute atomic E-state index is 0.0209. The summed E-state index contributed by atoms with van der Waals surface area (Å²) in [5.74, 6) is -1.99. The van der Waals surface area contributed by atoms with Crippen molar-refractivity contribution in [2.45, 2.75) is 4.90 Å². The first-order valence-corrected chi connectivity index (χ1v) is 13.0. The topological polar surface area (TPSA) is 84.8 Å². The second-order valence-electron chi connectivity index (χ2n) is 8.24. The molecule has 0 aliphatic carbocycles. The van der Waals surface area contributed by atoms with E-state index in [9.17, 15) is 17.2 Å². The van der Waals surface area contributed by atoms with Gasteiger partial charge in [-0.2, -0.15) is 4.98 Å². The van der Waals surface area contributed by atoms with E-state index in [4.69, 9.17) is 28.2 Å². The molecule has 0 spiro atoms. The number of nitrogens with zero attached hydrogens (tertiary/aromatic N) is 4. The largest absolute Gasteiger partial charge is 0.286 e. The molecular formula is C22H18Cl2F2N5O2S2+. The summed E-state index contributed by atoms with van der Waals surface area (Å²) in [6, 6.07) is 8.50. The fraction of sp³-hybridized carbons (Fsp3) is 0.136. The van der Waals surface area contributed by atoms with Crippen LogP contribution in [0.4, 0.5) is 19.6 Å². The maximum Gasteiger partial charge on any atom is 0.286 e. The van der Waals surface area contributed by atoms with Crippen molar-refractivity contribution in [3.63, 3.8) is 0 Å². The molecular weight excluding hydrogens is 539 g/mol. The number of halogens is 4. The van der Waals surface area contributed by atoms with Crippen LogP contribution in [0.3, 0.4) is 0 Å². The molecule has 2 aromatic carbocycles. The molecule has 2 heterocycles. The minimum Gasteiger partial charge on any atom is -0.278 e. The zero-order chi connectivity index (χ0) is 25.5. The third kappa shape index (κ3) is 5.29. The second-order valence-corrected chi connectivity index (χ2v) is 11.6. The normalized spacial score (nSPS) is 12.1. The molecule has 0 atom stereocenters. The van der Waals surface area contributed by atoms with Crippen molar-refractivity contribution in [2.24, 2.45) is 0 Å². The number of rotatable bonds is 6. The number of anilines is 1. The highest BCUT2D eigenvalue weighted by Crippen LogP contribution is 2.44. The van der Waals surface area contributed by atoms with E-state index in [1.165, 1.54) is 23.6 Å². The summed E-state index contributed by atoms with van der Waals surface area (Å²) in [5.41, 5.74) is 1.35. The first-order valence-electron chi connectivity index (χ1n) is 9.95. The first-order chi connectivity index (χ1) is 16.4. The lowest BCUT2D eigenvalue weighted by atomic mass is 10.1. The molecule has 182 valence electrons. The number of hydrogen-bond acceptors (Lipinski definition) is 6. The summed E-state index contributed by atoms with van der Waals surface area (Å²) in [7, 11) is 1.35. The van der Waals surface area contributed by atoms with Crippen molar-refractivity contribution in [2.75, 3.05) is 25.9 Å². The standard InChI is InChI=1S/C22H18Cl2F2N5O2S2/c1-31(2,3)22-29-19(20(34-22)16-9-10-27-21(24)28-16)13-5-4-6-15(18(13)23)30-35(32,33)17-11-12(25)7-8-14(17)26/h4-11,30H,1-3H3/q+1. The third-order valence-electron chi connectivity index (χ3n) is 4.73. The lowest BCUT2D eigenvalue weighted by Crippen LogP contribution is -2.34. The lowest BCUT2D eigenvalue weighted by molar-refractivity contribution is 0.484. The molecule has 0 aliphatic heterocycles. The first kappa shape index (κ1) is 25.4. The number of thiazole rings is 1. The molecule has 0 saturated heterocycles. The zero-order valence-electron chi connectivity index (χ0n) is 18.6. The molecule has 0 amide bonds. The number of hydrogen-bond donors (Lipinski definition) is 1. The van der Waals surface area contributed by atoms with Crippen molar-refractivity contribution in [1.82, 2.24) is 19.4 Å². The van der Waals surface area contributed by atoms with Gasteiger partial charge in [0.05, 0.1) is 48.1 Å². The summed E-state index contributed by atoms with van der Waals surface area (Å²) in [6.45, 7) is 0. The van der Waals surface area contributed by atoms with Crippen LogP contribution in [0.2, 0.25) is 10.3 Å². The van der Waals surface area contributed by atoms with E-state index in [0.29, 0.717) is 32.4 Å². The van der Waals surface area contributed by atoms with Crippen LogP contribution in [0.25, 0.3) is 21.8 Å². The molecule has 0 saturated carbocycles. The average molecular weight is 557 g/mol. The van der Waals surface area contributed by atoms with Gasteiger partial charge in [-0.1, -0.05) is 35.1 Å². The van der Waals surface area contributed by atoms with Gasteiger partial charge in [-0.15, -0.1) is 0 Å². The van der Waals surface area contributed by atoms with E-state index in [0.717, 1.165) is 17.3 Å². The smallest absolute Gasteiger partial charge is 0.278 e. The van der Waals surface area contributed by atoms with Crippen molar-refractivity contribution in [1.29, 1.82) is 0 Å². The maximum atomic E-state index is 14.1. The van der Waals surface area contributed by atoms with Crippen LogP contribution in [0.15, 0.2) is 53.6 Å². The van der Waals surface area contributed by atoms with E-state index in [-0.39, 0.29) is 16.0 Å². The number of nitrogens with one attached hydrogen (secondary N) is 1. The number of benzene rings is 2. The van der Waals surface area contributed by atoms with Crippen molar-refractivity contribution >= 4 is 55.4 Å². The number of quaternary nitrogens is 1. The van der Waals surface area contributed by atoms with Gasteiger partial charge in [0.25, 0.3) is 15.2 Å². The van der Waals surface area contributed by atoms with E-state index in [1.807, 2.05) is 21.1 Å². The van der Waals surface area contributed by atoms with Gasteiger partial charge >= 0.3 is 0 Å². The van der Waals surface area contributed by atoms with E-state index >= 15 is 0 Å². The Morgan fingerprint density at radius 2 is 1.77 bits per heavy atom. The second kappa shape index (κ2) is 9.40. The molecule has 2 aromatic heterocycles. The minimum atomic E-state index is -4.48. The molecule has 0 unspecified atom stereocenters. The van der Waals surface area contributed by atoms with Gasteiger partial charge in [0.2, 0.25) is 5.28 Å². The average Bonchev–Trinajstić information content (AvgIpc) is 3.22. The van der Waals surface area contributed by atoms with Crippen molar-refractivity contribution in [3.8, 4) is 21.8 Å². The highest BCUT2D eigenvalue weighted by molar-refractivity contribution is 7.92. The van der Waals surface area contributed by atoms with Crippen molar-refractivity contribution in [3.05, 3.63) is 70.6 Å². The number of sulfonamides is 1. The molecule has 35 heavy (non-hydrogen) atoms. The van der Waals surface area contributed by atoms with Crippen LogP contribution in [-0.4, -0.2) is 44.5 Å². The fourth-order valence-electron chi connectivity index (χ4n) is 3.09. The predicted molar refractivity (Wildman–Crippen MR) is 135 cm³/mol. The Morgan fingerprint density at radius 1 is 1.03 bits per heavy atom. The Balaban J connectivity index is 1.84. The van der Waals surface area contributed by atoms with Gasteiger partial charge < -0.3 is 0 Å². The summed E-state index contributed by atoms with van der Waals surface area (Å²) >= 11 is 14.0. The maximum absolute atomic E-state index is 14.1. The molecule has 4 rings (SSSR count). The quantitative estimate of drug-likeness (QED) is 0.238. The SMILES string of the molecule is C[N+](C)(C)c1nc(-c2cccc(NS(=O)(=O)c3cc(F)ccc3F)c2Cl)c(-c2ccnc(Cl)n2)s1. The van der Waals surface area contributed by atoms with Crippen LogP contribution in [0.5, 0.6) is 0 Å². The third-order valence-corrected chi connectivity index (χ3v) is 8.13. The summed E-state index contributed by atoms with van der Waals surface area (Å²) in [5, 5.41) is 0.805. The number of aromatic nitrogens is 3. The Kier molecular flexibility index (Phi) is 6.82. The van der Waals surface area contributed by atoms with Crippen LogP contribution in [0.1, 0.15) is 0 Å². The highest BCUT2D eigenvalue weighted by Gasteiger charge is 2.27. The fourth-order valence-corrected chi connectivity index (χ4v) is 5.78. The van der Waals surface area contributed by atoms with Crippen LogP contribution < -0.4 is 9.21 Å². The monoisotopic (exact) mass is 556 g/mol. The molecule has 0 aliphatic rings. The van der Waals surface area contributed by atoms with Crippen LogP contribution >= 0.6 is 34.5 Å². The molecule has 0 fully saturated rings. The lowest BCUT2D eigenvalue weighted by Gasteiger charge is -2.18. The van der Waals surface area contributed by atoms with Crippen LogP contribution in [-0.2, 0) is 10.0 Å². The van der Waals surface area contributed by atoms with Gasteiger partial charge in [-0.3, -0.25) is 9.21 Å². The van der Waals surface area contributed by atoms with Crippen molar-refractivity contribution < 1.29 is 17.2 Å². The van der Waals surface area contributed by atoms with Gasteiger partial charge in [0.15, 0.2) is 0 Å². The molecule has 0 bridgehead atoms. The van der Waals surface area contributed by atoms with Gasteiger partial charge in [-0.05, 0) is 41.9 Å². The Labute approximate surface area is 214 Å². The van der Waals surface area contributed by atoms with E-state index in [1.54, 1.807) is 18.2 Å². The summed E-state index contributed by atoms with van der Waals surface area (Å²) in [4.78, 5) is 12.8. The Hall–Kier alpha value is -2.70. The van der Waals surface area contributed by atoms with Crippen LogP contribution in [0, 0.1) is 11.6 Å². The van der Waals surface area contributed by atoms with Gasteiger partial charge in [0.1, 0.15) is 16.5 Å². The molecule has 0 radical (unpaired) electrons. The van der Waals surface area contributed by atoms with Gasteiger partial charge in [-0.25, -0.2) is 27.2 Å². The van der Waals surface area contributed by atoms with Gasteiger partial charge in [0, 0.05) is 11.8 Å². The molecule has 1 N–H and O–H groups in total. The predicted octanol–water partition coefficient (Wildman–Crippen LogP) is 5.85. The molecule has 13 heteroatoms. The Morgan fingerprint density at radius 3 is 2.46 bits per heavy atom. The Bertz CT molecular complexity index is 1540. The molecule has 7 nitrogen and oxygen atoms in total.